The summed E-state index contributed by atoms with van der Waals surface area (Å²) in [6, 6.07) is 14.0. The molecule has 0 bridgehead atoms. The molecule has 0 aliphatic carbocycles. The van der Waals surface area contributed by atoms with E-state index in [-0.39, 0.29) is 34.6 Å². The van der Waals surface area contributed by atoms with E-state index >= 15 is 0 Å². The average molecular weight is 460 g/mol. The topological polar surface area (TPSA) is 105 Å². The van der Waals surface area contributed by atoms with Gasteiger partial charge in [-0.15, -0.1) is 0 Å². The third-order valence-electron chi connectivity index (χ3n) is 4.80. The standard InChI is InChI=1S/C23H29N3O5S/c1-4-22(27)24-14-8-16-26(2)32(29,30)19-11-12-20(21(17-19)31-3)23(28)25-15-13-18-9-6-5-7-10-18/h4-7,9-12,17H,1,8,13-16H2,2-3H3,(H,24,27)(H,25,28). The van der Waals surface area contributed by atoms with Crippen molar-refractivity contribution >= 4 is 21.8 Å². The van der Waals surface area contributed by atoms with Crippen LogP contribution in [0.15, 0.2) is 66.1 Å². The molecule has 0 saturated carbocycles. The molecule has 0 aliphatic heterocycles. The lowest BCUT2D eigenvalue weighted by Crippen LogP contribution is -2.31. The second-order valence-electron chi connectivity index (χ2n) is 7.03. The number of hydrogen-bond donors (Lipinski definition) is 2. The first kappa shape index (κ1) is 25.1. The zero-order valence-electron chi connectivity index (χ0n) is 18.3. The fourth-order valence-electron chi connectivity index (χ4n) is 2.97. The molecule has 0 spiro atoms. The largest absolute Gasteiger partial charge is 0.496 e. The first-order chi connectivity index (χ1) is 15.3. The molecule has 0 fully saturated rings. The molecule has 2 aromatic carbocycles. The van der Waals surface area contributed by atoms with Gasteiger partial charge < -0.3 is 15.4 Å². The zero-order valence-corrected chi connectivity index (χ0v) is 19.2. The Kier molecular flexibility index (Phi) is 9.42. The van der Waals surface area contributed by atoms with Gasteiger partial charge in [0, 0.05) is 32.7 Å². The summed E-state index contributed by atoms with van der Waals surface area (Å²) < 4.78 is 32.2. The van der Waals surface area contributed by atoms with Crippen LogP contribution in [0.25, 0.3) is 0 Å². The highest BCUT2D eigenvalue weighted by Crippen LogP contribution is 2.25. The third kappa shape index (κ3) is 6.93. The second-order valence-corrected chi connectivity index (χ2v) is 9.07. The highest BCUT2D eigenvalue weighted by atomic mass is 32.2. The molecule has 2 aromatic rings. The van der Waals surface area contributed by atoms with Crippen LogP contribution in [0, 0.1) is 0 Å². The van der Waals surface area contributed by atoms with Crippen molar-refractivity contribution in [1.29, 1.82) is 0 Å². The molecule has 32 heavy (non-hydrogen) atoms. The molecular weight excluding hydrogens is 430 g/mol. The van der Waals surface area contributed by atoms with E-state index in [1.165, 1.54) is 36.7 Å². The van der Waals surface area contributed by atoms with Gasteiger partial charge in [-0.25, -0.2) is 12.7 Å². The van der Waals surface area contributed by atoms with E-state index in [1.807, 2.05) is 30.3 Å². The van der Waals surface area contributed by atoms with Crippen LogP contribution < -0.4 is 15.4 Å². The maximum atomic E-state index is 12.9. The third-order valence-corrected chi connectivity index (χ3v) is 6.66. The van der Waals surface area contributed by atoms with E-state index in [0.29, 0.717) is 25.9 Å². The molecule has 8 nitrogen and oxygen atoms in total. The Balaban J connectivity index is 2.01. The molecule has 9 heteroatoms. The van der Waals surface area contributed by atoms with Gasteiger partial charge in [0.1, 0.15) is 5.75 Å². The predicted molar refractivity (Wildman–Crippen MR) is 123 cm³/mol. The Morgan fingerprint density at radius 3 is 2.47 bits per heavy atom. The van der Waals surface area contributed by atoms with Crippen LogP contribution in [0.5, 0.6) is 5.75 Å². The summed E-state index contributed by atoms with van der Waals surface area (Å²) in [7, 11) is -0.937. The van der Waals surface area contributed by atoms with Gasteiger partial charge in [0.15, 0.2) is 0 Å². The Morgan fingerprint density at radius 2 is 1.81 bits per heavy atom. The SMILES string of the molecule is C=CC(=O)NCCCN(C)S(=O)(=O)c1ccc(C(=O)NCCc2ccccc2)c(OC)c1. The number of benzene rings is 2. The number of rotatable bonds is 12. The van der Waals surface area contributed by atoms with Gasteiger partial charge in [-0.3, -0.25) is 9.59 Å². The molecule has 0 unspecified atom stereocenters. The lowest BCUT2D eigenvalue weighted by molar-refractivity contribution is -0.116. The van der Waals surface area contributed by atoms with Crippen molar-refractivity contribution in [3.63, 3.8) is 0 Å². The van der Waals surface area contributed by atoms with E-state index in [1.54, 1.807) is 0 Å². The number of sulfonamides is 1. The number of nitrogens with one attached hydrogen (secondary N) is 2. The molecule has 2 rings (SSSR count). The highest BCUT2D eigenvalue weighted by Gasteiger charge is 2.23. The smallest absolute Gasteiger partial charge is 0.255 e. The first-order valence-corrected chi connectivity index (χ1v) is 11.6. The molecule has 0 aliphatic rings. The van der Waals surface area contributed by atoms with E-state index in [4.69, 9.17) is 4.74 Å². The summed E-state index contributed by atoms with van der Waals surface area (Å²) in [6.07, 6.45) is 2.28. The number of amides is 2. The summed E-state index contributed by atoms with van der Waals surface area (Å²) in [6.45, 7) is 4.34. The monoisotopic (exact) mass is 459 g/mol. The van der Waals surface area contributed by atoms with Crippen LogP contribution in [-0.2, 0) is 21.2 Å². The molecule has 172 valence electrons. The van der Waals surface area contributed by atoms with Crippen molar-refractivity contribution in [2.24, 2.45) is 0 Å². The molecule has 0 atom stereocenters. The highest BCUT2D eigenvalue weighted by molar-refractivity contribution is 7.89. The zero-order chi connectivity index (χ0) is 23.6. The van der Waals surface area contributed by atoms with E-state index in [0.717, 1.165) is 11.6 Å². The minimum Gasteiger partial charge on any atom is -0.496 e. The Hall–Kier alpha value is -3.17. The van der Waals surface area contributed by atoms with Crippen molar-refractivity contribution in [2.45, 2.75) is 17.7 Å². The van der Waals surface area contributed by atoms with Crippen molar-refractivity contribution in [1.82, 2.24) is 14.9 Å². The van der Waals surface area contributed by atoms with Crippen LogP contribution >= 0.6 is 0 Å². The maximum absolute atomic E-state index is 12.9. The van der Waals surface area contributed by atoms with Gasteiger partial charge in [0.2, 0.25) is 15.9 Å². The maximum Gasteiger partial charge on any atom is 0.255 e. The van der Waals surface area contributed by atoms with Crippen molar-refractivity contribution in [3.8, 4) is 5.75 Å². The van der Waals surface area contributed by atoms with Gasteiger partial charge in [0.25, 0.3) is 5.91 Å². The van der Waals surface area contributed by atoms with Gasteiger partial charge in [0.05, 0.1) is 17.6 Å². The summed E-state index contributed by atoms with van der Waals surface area (Å²) >= 11 is 0. The number of methoxy groups -OCH3 is 1. The van der Waals surface area contributed by atoms with Crippen LogP contribution in [-0.4, -0.2) is 58.3 Å². The van der Waals surface area contributed by atoms with Gasteiger partial charge in [-0.2, -0.15) is 0 Å². The van der Waals surface area contributed by atoms with Gasteiger partial charge in [-0.05, 0) is 36.6 Å². The van der Waals surface area contributed by atoms with E-state index < -0.39 is 10.0 Å². The van der Waals surface area contributed by atoms with Gasteiger partial charge >= 0.3 is 0 Å². The van der Waals surface area contributed by atoms with Crippen LogP contribution in [0.4, 0.5) is 0 Å². The molecule has 2 amide bonds. The minimum absolute atomic E-state index is 0.0211. The minimum atomic E-state index is -3.78. The number of hydrogen-bond acceptors (Lipinski definition) is 5. The number of ether oxygens (including phenoxy) is 1. The Bertz CT molecular complexity index is 1040. The molecule has 0 radical (unpaired) electrons. The predicted octanol–water partition coefficient (Wildman–Crippen LogP) is 1.98. The molecule has 2 N–H and O–H groups in total. The lowest BCUT2D eigenvalue weighted by atomic mass is 10.1. The van der Waals surface area contributed by atoms with Gasteiger partial charge in [-0.1, -0.05) is 36.9 Å². The number of carbonyl (C=O) groups is 2. The second kappa shape index (κ2) is 12.0. The van der Waals surface area contributed by atoms with E-state index in [2.05, 4.69) is 17.2 Å². The molecular formula is C23H29N3O5S. The molecule has 0 aromatic heterocycles. The molecule has 0 heterocycles. The van der Waals surface area contributed by atoms with Crippen LogP contribution in [0.3, 0.4) is 0 Å². The number of nitrogens with zero attached hydrogens (tertiary/aromatic N) is 1. The average Bonchev–Trinajstić information content (AvgIpc) is 2.81. The summed E-state index contributed by atoms with van der Waals surface area (Å²) in [5.41, 5.74) is 1.36. The summed E-state index contributed by atoms with van der Waals surface area (Å²) in [4.78, 5) is 23.8. The van der Waals surface area contributed by atoms with E-state index in [9.17, 15) is 18.0 Å². The normalized spacial score (nSPS) is 11.1. The van der Waals surface area contributed by atoms with Crippen LogP contribution in [0.2, 0.25) is 0 Å². The quantitative estimate of drug-likeness (QED) is 0.373. The Labute approximate surface area is 189 Å². The summed E-state index contributed by atoms with van der Waals surface area (Å²) in [5, 5.41) is 5.43. The van der Waals surface area contributed by atoms with Crippen molar-refractivity contribution in [3.05, 3.63) is 72.3 Å². The van der Waals surface area contributed by atoms with Crippen molar-refractivity contribution in [2.75, 3.05) is 33.8 Å². The number of carbonyl (C=O) groups excluding carboxylic acids is 2. The fraction of sp³-hybridized carbons (Fsp3) is 0.304. The summed E-state index contributed by atoms with van der Waals surface area (Å²) in [5.74, 6) is -0.471. The van der Waals surface area contributed by atoms with Crippen molar-refractivity contribution < 1.29 is 22.7 Å². The first-order valence-electron chi connectivity index (χ1n) is 10.2. The fourth-order valence-corrected chi connectivity index (χ4v) is 4.19. The Morgan fingerprint density at radius 1 is 1.09 bits per heavy atom. The molecule has 0 saturated heterocycles. The van der Waals surface area contributed by atoms with Crippen LogP contribution in [0.1, 0.15) is 22.3 Å². The lowest BCUT2D eigenvalue weighted by Gasteiger charge is -2.18.